The molecule has 0 bridgehead atoms. The molecular weight excluding hydrogens is 218 g/mol. The smallest absolute Gasteiger partial charge is 0.365 e. The van der Waals surface area contributed by atoms with Gasteiger partial charge in [-0.3, -0.25) is 0 Å². The molecule has 1 aromatic heterocycles. The van der Waals surface area contributed by atoms with E-state index >= 15 is 0 Å². The van der Waals surface area contributed by atoms with Crippen LogP contribution in [0.1, 0.15) is 22.4 Å². The van der Waals surface area contributed by atoms with Crippen LogP contribution in [-0.4, -0.2) is 35.9 Å². The molecule has 0 spiro atoms. The molecule has 1 rings (SSSR count). The molecular formula is C9H13NO4S. The molecule has 0 atom stereocenters. The zero-order chi connectivity index (χ0) is 11.1. The van der Waals surface area contributed by atoms with E-state index in [0.717, 1.165) is 11.3 Å². The largest absolute Gasteiger partial charge is 0.476 e. The molecule has 0 unspecified atom stereocenters. The first-order valence-corrected chi connectivity index (χ1v) is 5.45. The van der Waals surface area contributed by atoms with Gasteiger partial charge in [0.15, 0.2) is 0 Å². The van der Waals surface area contributed by atoms with Crippen LogP contribution in [0.3, 0.4) is 0 Å². The number of hydrogen-bond acceptors (Lipinski definition) is 5. The van der Waals surface area contributed by atoms with Crippen LogP contribution >= 0.6 is 11.3 Å². The van der Waals surface area contributed by atoms with Crippen molar-refractivity contribution in [2.45, 2.75) is 13.5 Å². The number of rotatable bonds is 7. The Bertz CT molecular complexity index is 313. The van der Waals surface area contributed by atoms with Gasteiger partial charge in [-0.05, 0) is 6.92 Å². The van der Waals surface area contributed by atoms with E-state index in [1.54, 1.807) is 5.38 Å². The number of ether oxygens (including phenoxy) is 2. The summed E-state index contributed by atoms with van der Waals surface area (Å²) < 4.78 is 10.3. The maximum absolute atomic E-state index is 10.5. The summed E-state index contributed by atoms with van der Waals surface area (Å²) in [4.78, 5) is 14.4. The average molecular weight is 231 g/mol. The van der Waals surface area contributed by atoms with Gasteiger partial charge in [-0.25, -0.2) is 9.78 Å². The predicted octanol–water partition coefficient (Wildman–Crippen LogP) is 1.39. The highest BCUT2D eigenvalue weighted by molar-refractivity contribution is 7.11. The molecule has 0 aromatic carbocycles. The van der Waals surface area contributed by atoms with Gasteiger partial charge >= 0.3 is 5.97 Å². The molecule has 6 heteroatoms. The topological polar surface area (TPSA) is 68.7 Å². The number of aromatic nitrogens is 1. The van der Waals surface area contributed by atoms with Crippen LogP contribution in [0.5, 0.6) is 0 Å². The standard InChI is InChI=1S/C9H13NO4S/c1-2-13-3-4-14-5-7-6-15-8(10-7)9(11)12/h6H,2-5H2,1H3,(H,11,12). The average Bonchev–Trinajstić information content (AvgIpc) is 2.66. The van der Waals surface area contributed by atoms with Crippen LogP contribution in [0.4, 0.5) is 0 Å². The molecule has 1 N–H and O–H groups in total. The molecule has 0 aliphatic carbocycles. The van der Waals surface area contributed by atoms with Crippen molar-refractivity contribution in [1.29, 1.82) is 0 Å². The van der Waals surface area contributed by atoms with E-state index < -0.39 is 5.97 Å². The van der Waals surface area contributed by atoms with Crippen molar-refractivity contribution >= 4 is 17.3 Å². The Morgan fingerprint density at radius 2 is 2.27 bits per heavy atom. The first kappa shape index (κ1) is 12.1. The minimum Gasteiger partial charge on any atom is -0.476 e. The molecule has 15 heavy (non-hydrogen) atoms. The van der Waals surface area contributed by atoms with Crippen LogP contribution in [0.2, 0.25) is 0 Å². The Hall–Kier alpha value is -0.980. The molecule has 0 saturated heterocycles. The van der Waals surface area contributed by atoms with Crippen molar-refractivity contribution in [3.8, 4) is 0 Å². The zero-order valence-corrected chi connectivity index (χ0v) is 9.25. The first-order valence-electron chi connectivity index (χ1n) is 4.57. The zero-order valence-electron chi connectivity index (χ0n) is 8.43. The second-order valence-electron chi connectivity index (χ2n) is 2.70. The highest BCUT2D eigenvalue weighted by atomic mass is 32.1. The molecule has 5 nitrogen and oxygen atoms in total. The van der Waals surface area contributed by atoms with Gasteiger partial charge in [0.1, 0.15) is 0 Å². The lowest BCUT2D eigenvalue weighted by molar-refractivity contribution is 0.0441. The van der Waals surface area contributed by atoms with E-state index in [4.69, 9.17) is 14.6 Å². The number of aromatic carboxylic acids is 1. The Morgan fingerprint density at radius 1 is 1.53 bits per heavy atom. The molecule has 0 fully saturated rings. The highest BCUT2D eigenvalue weighted by Crippen LogP contribution is 2.10. The Kier molecular flexibility index (Phi) is 5.23. The summed E-state index contributed by atoms with van der Waals surface area (Å²) >= 11 is 1.10. The molecule has 1 aromatic rings. The minimum atomic E-state index is -0.999. The van der Waals surface area contributed by atoms with Crippen molar-refractivity contribution < 1.29 is 19.4 Å². The normalized spacial score (nSPS) is 10.5. The Balaban J connectivity index is 2.23. The van der Waals surface area contributed by atoms with Crippen LogP contribution in [0, 0.1) is 0 Å². The summed E-state index contributed by atoms with van der Waals surface area (Å²) in [6.45, 7) is 3.96. The molecule has 0 aliphatic heterocycles. The van der Waals surface area contributed by atoms with Gasteiger partial charge in [0.05, 0.1) is 25.5 Å². The number of nitrogens with zero attached hydrogens (tertiary/aromatic N) is 1. The summed E-state index contributed by atoms with van der Waals surface area (Å²) in [5, 5.41) is 10.4. The molecule has 0 amide bonds. The molecule has 1 heterocycles. The SMILES string of the molecule is CCOCCOCc1csc(C(=O)O)n1. The van der Waals surface area contributed by atoms with Crippen molar-refractivity contribution in [3.63, 3.8) is 0 Å². The van der Waals surface area contributed by atoms with Crippen LogP contribution < -0.4 is 0 Å². The quantitative estimate of drug-likeness (QED) is 0.718. The number of carboxylic acid groups (broad SMARTS) is 1. The van der Waals surface area contributed by atoms with Gasteiger partial charge in [0.25, 0.3) is 0 Å². The fourth-order valence-corrected chi connectivity index (χ4v) is 1.55. The van der Waals surface area contributed by atoms with Gasteiger partial charge < -0.3 is 14.6 Å². The Morgan fingerprint density at radius 3 is 2.87 bits per heavy atom. The third-order valence-electron chi connectivity index (χ3n) is 1.56. The molecule has 0 saturated carbocycles. The van der Waals surface area contributed by atoms with Gasteiger partial charge in [-0.1, -0.05) is 0 Å². The fraction of sp³-hybridized carbons (Fsp3) is 0.556. The van der Waals surface area contributed by atoms with E-state index in [1.807, 2.05) is 6.92 Å². The lowest BCUT2D eigenvalue weighted by Crippen LogP contribution is -2.04. The summed E-state index contributed by atoms with van der Waals surface area (Å²) in [5.41, 5.74) is 0.647. The minimum absolute atomic E-state index is 0.0957. The summed E-state index contributed by atoms with van der Waals surface area (Å²) in [7, 11) is 0. The maximum atomic E-state index is 10.5. The van der Waals surface area contributed by atoms with Crippen molar-refractivity contribution in [2.24, 2.45) is 0 Å². The van der Waals surface area contributed by atoms with Crippen LogP contribution in [0.15, 0.2) is 5.38 Å². The van der Waals surface area contributed by atoms with E-state index in [9.17, 15) is 4.79 Å². The van der Waals surface area contributed by atoms with Crippen molar-refractivity contribution in [2.75, 3.05) is 19.8 Å². The van der Waals surface area contributed by atoms with Crippen LogP contribution in [0.25, 0.3) is 0 Å². The highest BCUT2D eigenvalue weighted by Gasteiger charge is 2.08. The summed E-state index contributed by atoms with van der Waals surface area (Å²) in [6.07, 6.45) is 0. The lowest BCUT2D eigenvalue weighted by Gasteiger charge is -2.01. The summed E-state index contributed by atoms with van der Waals surface area (Å²) in [6, 6.07) is 0. The van der Waals surface area contributed by atoms with Gasteiger partial charge in [-0.15, -0.1) is 11.3 Å². The second kappa shape index (κ2) is 6.49. The summed E-state index contributed by atoms with van der Waals surface area (Å²) in [5.74, 6) is -0.999. The van der Waals surface area contributed by atoms with E-state index in [0.29, 0.717) is 32.1 Å². The van der Waals surface area contributed by atoms with Gasteiger partial charge in [-0.2, -0.15) is 0 Å². The number of thiazole rings is 1. The van der Waals surface area contributed by atoms with E-state index in [2.05, 4.69) is 4.98 Å². The molecule has 0 radical (unpaired) electrons. The van der Waals surface area contributed by atoms with Gasteiger partial charge in [0.2, 0.25) is 5.01 Å². The fourth-order valence-electron chi connectivity index (χ4n) is 0.910. The third kappa shape index (κ3) is 4.37. The monoisotopic (exact) mass is 231 g/mol. The predicted molar refractivity (Wildman–Crippen MR) is 55.2 cm³/mol. The maximum Gasteiger partial charge on any atom is 0.365 e. The number of carboxylic acids is 1. The first-order chi connectivity index (χ1) is 7.24. The number of hydrogen-bond donors (Lipinski definition) is 1. The van der Waals surface area contributed by atoms with Crippen LogP contribution in [-0.2, 0) is 16.1 Å². The van der Waals surface area contributed by atoms with Gasteiger partial charge in [0, 0.05) is 12.0 Å². The third-order valence-corrected chi connectivity index (χ3v) is 2.44. The lowest BCUT2D eigenvalue weighted by atomic mass is 10.5. The van der Waals surface area contributed by atoms with Crippen molar-refractivity contribution in [1.82, 2.24) is 4.98 Å². The molecule has 0 aliphatic rings. The molecule has 84 valence electrons. The number of carbonyl (C=O) groups is 1. The second-order valence-corrected chi connectivity index (χ2v) is 3.56. The van der Waals surface area contributed by atoms with E-state index in [1.165, 1.54) is 0 Å². The Labute approximate surface area is 91.7 Å². The van der Waals surface area contributed by atoms with E-state index in [-0.39, 0.29) is 5.01 Å². The van der Waals surface area contributed by atoms with Crippen molar-refractivity contribution in [3.05, 3.63) is 16.1 Å².